The lowest BCUT2D eigenvalue weighted by Gasteiger charge is -2.26. The highest BCUT2D eigenvalue weighted by molar-refractivity contribution is 6.31. The van der Waals surface area contributed by atoms with Crippen LogP contribution in [0, 0.1) is 6.92 Å². The zero-order valence-electron chi connectivity index (χ0n) is 53.0. The van der Waals surface area contributed by atoms with Crippen LogP contribution in [0.5, 0.6) is 11.5 Å². The highest BCUT2D eigenvalue weighted by Crippen LogP contribution is 2.32. The van der Waals surface area contributed by atoms with Gasteiger partial charge >= 0.3 is 23.9 Å². The lowest BCUT2D eigenvalue weighted by molar-refractivity contribution is -0.156. The minimum Gasteiger partial charge on any atom is -0.508 e. The van der Waals surface area contributed by atoms with Crippen LogP contribution >= 0.6 is 46.4 Å². The van der Waals surface area contributed by atoms with Crippen molar-refractivity contribution >= 4 is 70.3 Å². The summed E-state index contributed by atoms with van der Waals surface area (Å²) in [6, 6.07) is 45.7. The largest absolute Gasteiger partial charge is 0.508 e. The van der Waals surface area contributed by atoms with Crippen LogP contribution in [0.25, 0.3) is 0 Å². The van der Waals surface area contributed by atoms with Crippen molar-refractivity contribution < 1.29 is 53.1 Å². The molecule has 3 unspecified atom stereocenters. The normalized spacial score (nSPS) is 12.4. The van der Waals surface area contributed by atoms with Crippen LogP contribution in [0.1, 0.15) is 144 Å². The van der Waals surface area contributed by atoms with E-state index in [1.165, 1.54) is 53.2 Å². The molecule has 13 nitrogen and oxygen atoms in total. The number of esters is 4. The van der Waals surface area contributed by atoms with Gasteiger partial charge in [-0.2, -0.15) is 0 Å². The molecule has 6 rings (SSSR count). The number of methoxy groups -OCH3 is 2. The molecule has 0 saturated heterocycles. The number of aromatic hydroxyl groups is 1. The molecule has 17 heteroatoms. The van der Waals surface area contributed by atoms with Gasteiger partial charge in [0.2, 0.25) is 0 Å². The van der Waals surface area contributed by atoms with E-state index in [9.17, 15) is 29.4 Å². The Morgan fingerprint density at radius 3 is 1.33 bits per heavy atom. The fraction of sp³-hybridized carbons (Fsp3) is 0.437. The average molecular weight is 1290 g/mol. The number of benzene rings is 6. The molecule has 0 aliphatic rings. The highest BCUT2D eigenvalue weighted by atomic mass is 35.5. The summed E-state index contributed by atoms with van der Waals surface area (Å²) in [7, 11) is 6.86. The maximum atomic E-state index is 12.3. The van der Waals surface area contributed by atoms with Crippen LogP contribution in [-0.4, -0.2) is 122 Å². The first-order valence-electron chi connectivity index (χ1n) is 29.8. The molecular formula is C71H90Cl4N2O11. The van der Waals surface area contributed by atoms with Crippen molar-refractivity contribution in [3.05, 3.63) is 199 Å². The van der Waals surface area contributed by atoms with Gasteiger partial charge in [-0.05, 0) is 239 Å². The summed E-state index contributed by atoms with van der Waals surface area (Å²) in [6.45, 7) is 16.7. The molecule has 88 heavy (non-hydrogen) atoms. The molecule has 0 aromatic heterocycles. The summed E-state index contributed by atoms with van der Waals surface area (Å²) in [5, 5.41) is 21.6. The molecule has 0 aliphatic heterocycles. The van der Waals surface area contributed by atoms with Gasteiger partial charge in [0.05, 0.1) is 14.2 Å². The monoisotopic (exact) mass is 1290 g/mol. The Bertz CT molecular complexity index is 2990. The molecule has 2 N–H and O–H groups in total. The molecular weight excluding hydrogens is 1200 g/mol. The minimum absolute atomic E-state index is 0.186. The number of phenolic OH excluding ortho intramolecular Hbond substituents is 1. The Hall–Kier alpha value is -6.16. The summed E-state index contributed by atoms with van der Waals surface area (Å²) < 4.78 is 25.6. The molecule has 0 aliphatic carbocycles. The van der Waals surface area contributed by atoms with Crippen LogP contribution < -0.4 is 4.74 Å². The number of likely N-dealkylation sites (N-methyl/N-ethyl adjacent to an activating group) is 2. The number of rotatable bonds is 28. The maximum absolute atomic E-state index is 12.3. The standard InChI is InChI=1S/C35H43Cl2NO5.C25H27Cl2NO.C11H20O5/c1-35(2,3)43-33(39)10-6-9-32(34(40)41-5)42-30-21-11-25(12-22-30)8-7-23-38(4)24-31(26-13-17-28(36)18-14-26)27-15-19-29(37)20-16-27;1-18-16-22(27)11-14-24(18)25(20-7-9-21(26)10-8-20)17-28(2)15-3-4-19-5-12-23(29)13-6-19;1-11(2,3)16-9(13)7-5-6-8(12)10(14)15-4/h11-22,31-32H,6-10,23-24H2,1-5H3;5-14,16,25,29H,3-4,15,17H2,1-2H3;8,12H,5-7H2,1-4H3. The minimum atomic E-state index is -1.16. The van der Waals surface area contributed by atoms with Gasteiger partial charge in [-0.1, -0.05) is 113 Å². The maximum Gasteiger partial charge on any atom is 0.347 e. The van der Waals surface area contributed by atoms with E-state index in [1.807, 2.05) is 106 Å². The second-order valence-electron chi connectivity index (χ2n) is 23.9. The molecule has 0 spiro atoms. The number of aliphatic hydroxyl groups excluding tert-OH is 1. The lowest BCUT2D eigenvalue weighted by atomic mass is 9.88. The van der Waals surface area contributed by atoms with E-state index in [4.69, 9.17) is 65.4 Å². The number of ether oxygens (including phenoxy) is 5. The Morgan fingerprint density at radius 1 is 0.511 bits per heavy atom. The van der Waals surface area contributed by atoms with Gasteiger partial charge in [-0.15, -0.1) is 0 Å². The van der Waals surface area contributed by atoms with E-state index >= 15 is 0 Å². The van der Waals surface area contributed by atoms with Gasteiger partial charge in [-0.3, -0.25) is 9.59 Å². The first kappa shape index (κ1) is 74.3. The Morgan fingerprint density at radius 2 is 0.909 bits per heavy atom. The zero-order valence-corrected chi connectivity index (χ0v) is 56.0. The smallest absolute Gasteiger partial charge is 0.347 e. The predicted molar refractivity (Wildman–Crippen MR) is 354 cm³/mol. The summed E-state index contributed by atoms with van der Waals surface area (Å²) in [4.78, 5) is 51.1. The number of aliphatic hydroxyl groups is 1. The van der Waals surface area contributed by atoms with Crippen molar-refractivity contribution in [1.82, 2.24) is 9.80 Å². The summed E-state index contributed by atoms with van der Waals surface area (Å²) >= 11 is 24.6. The number of hydrogen-bond acceptors (Lipinski definition) is 13. The van der Waals surface area contributed by atoms with Crippen LogP contribution in [0.2, 0.25) is 20.1 Å². The molecule has 0 radical (unpaired) electrons. The van der Waals surface area contributed by atoms with E-state index in [1.54, 1.807) is 32.9 Å². The molecule has 0 heterocycles. The number of phenols is 1. The van der Waals surface area contributed by atoms with Gasteiger partial charge in [0.1, 0.15) is 22.7 Å². The SMILES string of the molecule is COC(=O)C(CCCC(=O)OC(C)(C)C)Oc1ccc(CCCN(C)CC(c2ccc(Cl)cc2)c2ccc(Cl)cc2)cc1.COC(=O)C(O)CCCC(=O)OC(C)(C)C.Cc1cc(Cl)ccc1C(CN(C)CCCc1ccc(O)cc1)c1ccc(Cl)cc1. The van der Waals surface area contributed by atoms with Crippen molar-refractivity contribution in [2.75, 3.05) is 54.5 Å². The molecule has 6 aromatic carbocycles. The van der Waals surface area contributed by atoms with Crippen molar-refractivity contribution in [1.29, 1.82) is 0 Å². The van der Waals surface area contributed by atoms with E-state index < -0.39 is 35.3 Å². The van der Waals surface area contributed by atoms with Gasteiger partial charge in [0.25, 0.3) is 0 Å². The Balaban J connectivity index is 0.000000316. The van der Waals surface area contributed by atoms with Crippen molar-refractivity contribution in [3.8, 4) is 11.5 Å². The van der Waals surface area contributed by atoms with Crippen LogP contribution in [0.15, 0.2) is 140 Å². The fourth-order valence-corrected chi connectivity index (χ4v) is 10.2. The van der Waals surface area contributed by atoms with Gasteiger partial charge in [-0.25, -0.2) is 9.59 Å². The first-order chi connectivity index (χ1) is 41.6. The van der Waals surface area contributed by atoms with E-state index in [0.717, 1.165) is 72.0 Å². The number of nitrogens with zero attached hydrogens (tertiary/aromatic N) is 2. The molecule has 0 saturated carbocycles. The third kappa shape index (κ3) is 29.0. The summed E-state index contributed by atoms with van der Waals surface area (Å²) in [6.07, 6.45) is 3.81. The van der Waals surface area contributed by atoms with Gasteiger partial charge in [0, 0.05) is 57.9 Å². The average Bonchev–Trinajstić information content (AvgIpc) is 2.78. The second kappa shape index (κ2) is 37.7. The second-order valence-corrected chi connectivity index (χ2v) is 25.7. The molecule has 0 amide bonds. The third-order valence-corrected chi connectivity index (χ3v) is 15.0. The molecule has 3 atom stereocenters. The van der Waals surface area contributed by atoms with Gasteiger partial charge in [0.15, 0.2) is 12.2 Å². The van der Waals surface area contributed by atoms with Crippen LogP contribution in [0.4, 0.5) is 0 Å². The van der Waals surface area contributed by atoms with Crippen molar-refractivity contribution in [2.24, 2.45) is 0 Å². The van der Waals surface area contributed by atoms with E-state index in [2.05, 4.69) is 78.0 Å². The third-order valence-electron chi connectivity index (χ3n) is 14.0. The van der Waals surface area contributed by atoms with Crippen LogP contribution in [0.3, 0.4) is 0 Å². The number of hydrogen-bond donors (Lipinski definition) is 2. The number of aryl methyl sites for hydroxylation is 3. The molecule has 6 aromatic rings. The summed E-state index contributed by atoms with van der Waals surface area (Å²) in [5.41, 5.74) is 7.57. The number of carbonyl (C=O) groups is 4. The summed E-state index contributed by atoms with van der Waals surface area (Å²) in [5.74, 6) is -0.416. The molecule has 0 bridgehead atoms. The first-order valence-corrected chi connectivity index (χ1v) is 31.3. The van der Waals surface area contributed by atoms with Crippen LogP contribution in [-0.2, 0) is 51.0 Å². The number of carbonyl (C=O) groups excluding carboxylic acids is 4. The van der Waals surface area contributed by atoms with E-state index in [0.29, 0.717) is 30.8 Å². The quantitative estimate of drug-likeness (QED) is 0.0353. The predicted octanol–water partition coefficient (Wildman–Crippen LogP) is 15.9. The molecule has 0 fully saturated rings. The molecule has 478 valence electrons. The lowest BCUT2D eigenvalue weighted by Crippen LogP contribution is -2.29. The zero-order chi connectivity index (χ0) is 65.0. The van der Waals surface area contributed by atoms with Crippen molar-refractivity contribution in [3.63, 3.8) is 0 Å². The van der Waals surface area contributed by atoms with Gasteiger partial charge < -0.3 is 43.7 Å². The van der Waals surface area contributed by atoms with Crippen molar-refractivity contribution in [2.45, 2.75) is 148 Å². The number of halogens is 4. The fourth-order valence-electron chi connectivity index (χ4n) is 9.64. The Labute approximate surface area is 542 Å². The topological polar surface area (TPSA) is 161 Å². The Kier molecular flexibility index (Phi) is 31.9. The van der Waals surface area contributed by atoms with E-state index in [-0.39, 0.29) is 43.0 Å². The highest BCUT2D eigenvalue weighted by Gasteiger charge is 2.25.